The van der Waals surface area contributed by atoms with Gasteiger partial charge in [-0.25, -0.2) is 4.79 Å². The summed E-state index contributed by atoms with van der Waals surface area (Å²) in [5, 5.41) is 0. The van der Waals surface area contributed by atoms with Crippen LogP contribution in [0, 0.1) is 6.92 Å². The maximum atomic E-state index is 12.2. The summed E-state index contributed by atoms with van der Waals surface area (Å²) in [5.74, 6) is 0.319. The van der Waals surface area contributed by atoms with Gasteiger partial charge in [-0.2, -0.15) is 0 Å². The summed E-state index contributed by atoms with van der Waals surface area (Å²) in [6.07, 6.45) is -0.239. The van der Waals surface area contributed by atoms with Gasteiger partial charge in [0.15, 0.2) is 0 Å². The predicted molar refractivity (Wildman–Crippen MR) is 107 cm³/mol. The van der Waals surface area contributed by atoms with Crippen LogP contribution in [0.25, 0.3) is 0 Å². The van der Waals surface area contributed by atoms with Crippen LogP contribution in [-0.4, -0.2) is 48.0 Å². The van der Waals surface area contributed by atoms with Crippen LogP contribution in [0.15, 0.2) is 18.2 Å². The van der Waals surface area contributed by atoms with E-state index in [9.17, 15) is 4.79 Å². The summed E-state index contributed by atoms with van der Waals surface area (Å²) in [4.78, 5) is 13.9. The molecular formula is C21H32BNO4. The van der Waals surface area contributed by atoms with Crippen molar-refractivity contribution < 1.29 is 18.8 Å². The van der Waals surface area contributed by atoms with E-state index in [1.807, 2.05) is 20.8 Å². The molecule has 0 aliphatic carbocycles. The highest BCUT2D eigenvalue weighted by molar-refractivity contribution is 6.62. The van der Waals surface area contributed by atoms with Gasteiger partial charge in [-0.3, -0.25) is 0 Å². The van der Waals surface area contributed by atoms with Gasteiger partial charge in [0.25, 0.3) is 0 Å². The quantitative estimate of drug-likeness (QED) is 0.743. The number of likely N-dealkylation sites (tertiary alicyclic amines) is 1. The molecule has 3 rings (SSSR count). The number of aryl methyl sites for hydroxylation is 1. The number of benzene rings is 1. The molecule has 148 valence electrons. The minimum Gasteiger partial charge on any atom is -0.444 e. The zero-order valence-corrected chi connectivity index (χ0v) is 17.9. The molecule has 2 fully saturated rings. The van der Waals surface area contributed by atoms with Gasteiger partial charge in [0, 0.05) is 19.0 Å². The van der Waals surface area contributed by atoms with Crippen molar-refractivity contribution in [2.75, 3.05) is 13.1 Å². The van der Waals surface area contributed by atoms with Crippen LogP contribution in [0.3, 0.4) is 0 Å². The number of rotatable bonds is 2. The van der Waals surface area contributed by atoms with E-state index in [0.717, 1.165) is 11.0 Å². The van der Waals surface area contributed by atoms with Crippen LogP contribution >= 0.6 is 0 Å². The second-order valence-electron chi connectivity index (χ2n) is 9.79. The molecule has 5 nitrogen and oxygen atoms in total. The Labute approximate surface area is 163 Å². The van der Waals surface area contributed by atoms with Crippen molar-refractivity contribution in [1.82, 2.24) is 4.90 Å². The average molecular weight is 373 g/mol. The fourth-order valence-corrected chi connectivity index (χ4v) is 3.30. The van der Waals surface area contributed by atoms with E-state index < -0.39 is 5.60 Å². The number of hydrogen-bond acceptors (Lipinski definition) is 4. The number of amides is 1. The maximum Gasteiger partial charge on any atom is 0.495 e. The third-order valence-corrected chi connectivity index (χ3v) is 5.82. The molecule has 0 radical (unpaired) electrons. The van der Waals surface area contributed by atoms with Crippen molar-refractivity contribution in [3.05, 3.63) is 29.3 Å². The minimum atomic E-state index is -0.462. The molecular weight excluding hydrogens is 341 g/mol. The number of carbonyl (C=O) groups is 1. The molecule has 0 bridgehead atoms. The summed E-state index contributed by atoms with van der Waals surface area (Å²) in [7, 11) is -0.364. The van der Waals surface area contributed by atoms with Crippen LogP contribution in [0.5, 0.6) is 0 Å². The zero-order chi connectivity index (χ0) is 20.2. The van der Waals surface area contributed by atoms with Crippen LogP contribution in [-0.2, 0) is 14.0 Å². The monoisotopic (exact) mass is 373 g/mol. The molecule has 0 saturated carbocycles. The van der Waals surface area contributed by atoms with Gasteiger partial charge >= 0.3 is 13.2 Å². The maximum absolute atomic E-state index is 12.2. The molecule has 2 aliphatic heterocycles. The first kappa shape index (κ1) is 20.2. The third kappa shape index (κ3) is 4.02. The SMILES string of the molecule is Cc1ccc(C2CN(C(=O)OC(C)(C)C)C2)cc1B1OC(C)(C)C(C)(C)O1. The second-order valence-corrected chi connectivity index (χ2v) is 9.79. The number of ether oxygens (including phenoxy) is 1. The molecule has 1 aromatic rings. The fraction of sp³-hybridized carbons (Fsp3) is 0.667. The topological polar surface area (TPSA) is 48.0 Å². The minimum absolute atomic E-state index is 0.239. The molecule has 0 N–H and O–H groups in total. The first-order chi connectivity index (χ1) is 12.3. The lowest BCUT2D eigenvalue weighted by Crippen LogP contribution is -2.50. The van der Waals surface area contributed by atoms with E-state index in [2.05, 4.69) is 52.8 Å². The average Bonchev–Trinajstić information content (AvgIpc) is 2.65. The highest BCUT2D eigenvalue weighted by atomic mass is 16.7. The highest BCUT2D eigenvalue weighted by Crippen LogP contribution is 2.37. The molecule has 0 unspecified atom stereocenters. The standard InChI is InChI=1S/C21H32BNO4/c1-14-9-10-15(16-12-23(13-16)18(24)25-19(2,3)4)11-17(14)22-26-20(5,6)21(7,8)27-22/h9-11,16H,12-13H2,1-8H3. The molecule has 2 saturated heterocycles. The lowest BCUT2D eigenvalue weighted by molar-refractivity contribution is 0.00578. The summed E-state index contributed by atoms with van der Waals surface area (Å²) in [6.45, 7) is 17.4. The van der Waals surface area contributed by atoms with Gasteiger partial charge in [-0.15, -0.1) is 0 Å². The van der Waals surface area contributed by atoms with Crippen molar-refractivity contribution in [2.45, 2.75) is 78.1 Å². The normalized spacial score (nSPS) is 21.9. The second kappa shape index (κ2) is 6.52. The Morgan fingerprint density at radius 1 is 1.15 bits per heavy atom. The van der Waals surface area contributed by atoms with Crippen molar-refractivity contribution in [3.63, 3.8) is 0 Å². The fourth-order valence-electron chi connectivity index (χ4n) is 3.30. The van der Waals surface area contributed by atoms with Crippen LogP contribution in [0.2, 0.25) is 0 Å². The van der Waals surface area contributed by atoms with Crippen LogP contribution in [0.1, 0.15) is 65.5 Å². The zero-order valence-electron chi connectivity index (χ0n) is 17.9. The Hall–Kier alpha value is -1.53. The Morgan fingerprint density at radius 3 is 2.22 bits per heavy atom. The van der Waals surface area contributed by atoms with E-state index in [4.69, 9.17) is 14.0 Å². The summed E-state index contributed by atoms with van der Waals surface area (Å²) < 4.78 is 17.9. The van der Waals surface area contributed by atoms with Gasteiger partial charge in [0.1, 0.15) is 5.60 Å². The Kier molecular flexibility index (Phi) is 4.88. The number of hydrogen-bond donors (Lipinski definition) is 0. The van der Waals surface area contributed by atoms with Gasteiger partial charge in [-0.1, -0.05) is 23.8 Å². The molecule has 6 heteroatoms. The largest absolute Gasteiger partial charge is 0.495 e. The van der Waals surface area contributed by atoms with Gasteiger partial charge in [0.2, 0.25) is 0 Å². The molecule has 0 atom stereocenters. The summed E-state index contributed by atoms with van der Waals surface area (Å²) >= 11 is 0. The van der Waals surface area contributed by atoms with Crippen molar-refractivity contribution >= 4 is 18.7 Å². The smallest absolute Gasteiger partial charge is 0.444 e. The molecule has 27 heavy (non-hydrogen) atoms. The van der Waals surface area contributed by atoms with E-state index >= 15 is 0 Å². The van der Waals surface area contributed by atoms with Crippen molar-refractivity contribution in [2.24, 2.45) is 0 Å². The van der Waals surface area contributed by atoms with E-state index in [-0.39, 0.29) is 24.4 Å². The van der Waals surface area contributed by atoms with Gasteiger partial charge < -0.3 is 18.9 Å². The molecule has 2 heterocycles. The highest BCUT2D eigenvalue weighted by Gasteiger charge is 2.52. The van der Waals surface area contributed by atoms with E-state index in [1.54, 1.807) is 4.90 Å². The molecule has 0 aromatic heterocycles. The molecule has 1 aromatic carbocycles. The van der Waals surface area contributed by atoms with Gasteiger partial charge in [-0.05, 0) is 66.4 Å². The molecule has 2 aliphatic rings. The third-order valence-electron chi connectivity index (χ3n) is 5.82. The first-order valence-corrected chi connectivity index (χ1v) is 9.73. The lowest BCUT2D eigenvalue weighted by Gasteiger charge is -2.40. The Morgan fingerprint density at radius 2 is 1.70 bits per heavy atom. The summed E-state index contributed by atoms with van der Waals surface area (Å²) in [5.41, 5.74) is 2.26. The van der Waals surface area contributed by atoms with Crippen LogP contribution in [0.4, 0.5) is 4.79 Å². The van der Waals surface area contributed by atoms with Gasteiger partial charge in [0.05, 0.1) is 11.2 Å². The van der Waals surface area contributed by atoms with Crippen molar-refractivity contribution in [3.8, 4) is 0 Å². The Balaban J connectivity index is 1.70. The van der Waals surface area contributed by atoms with Crippen LogP contribution < -0.4 is 5.46 Å². The van der Waals surface area contributed by atoms with Crippen molar-refractivity contribution in [1.29, 1.82) is 0 Å². The van der Waals surface area contributed by atoms with E-state index in [0.29, 0.717) is 19.0 Å². The Bertz CT molecular complexity index is 716. The van der Waals surface area contributed by atoms with E-state index in [1.165, 1.54) is 5.56 Å². The molecule has 1 amide bonds. The lowest BCUT2D eigenvalue weighted by atomic mass is 9.74. The number of nitrogens with zero attached hydrogens (tertiary/aromatic N) is 1. The molecule has 0 spiro atoms. The first-order valence-electron chi connectivity index (χ1n) is 9.73. The summed E-state index contributed by atoms with van der Waals surface area (Å²) in [6, 6.07) is 6.43. The predicted octanol–water partition coefficient (Wildman–Crippen LogP) is 3.63. The number of carbonyl (C=O) groups excluding carboxylic acids is 1.